The Kier molecular flexibility index (Phi) is 5.96. The second-order valence-electron chi connectivity index (χ2n) is 3.61. The minimum atomic E-state index is -0.315. The fourth-order valence-electron chi connectivity index (χ4n) is 1.70. The monoisotopic (exact) mass is 219 g/mol. The van der Waals surface area contributed by atoms with Crippen LogP contribution in [0.3, 0.4) is 0 Å². The molecule has 0 saturated carbocycles. The van der Waals surface area contributed by atoms with Gasteiger partial charge < -0.3 is 9.64 Å². The molecule has 0 unspecified atom stereocenters. The van der Waals surface area contributed by atoms with Crippen molar-refractivity contribution >= 4 is 17.6 Å². The molecule has 0 aromatic rings. The van der Waals surface area contributed by atoms with E-state index in [1.807, 2.05) is 0 Å². The fourth-order valence-corrected chi connectivity index (χ4v) is 1.77. The number of hydrogen-bond acceptors (Lipinski definition) is 3. The maximum Gasteiger partial charge on any atom is 0.320 e. The minimum absolute atomic E-state index is 0.0380. The van der Waals surface area contributed by atoms with Crippen LogP contribution in [0.1, 0.15) is 25.7 Å². The maximum absolute atomic E-state index is 10.7. The van der Waals surface area contributed by atoms with Gasteiger partial charge in [0, 0.05) is 6.54 Å². The quantitative estimate of drug-likeness (QED) is 0.400. The van der Waals surface area contributed by atoms with Gasteiger partial charge in [0.25, 0.3) is 0 Å². The van der Waals surface area contributed by atoms with Crippen LogP contribution in [0.4, 0.5) is 0 Å². The molecule has 1 aliphatic rings. The molecule has 3 nitrogen and oxygen atoms in total. The minimum Gasteiger partial charge on any atom is -0.465 e. The van der Waals surface area contributed by atoms with E-state index in [2.05, 4.69) is 4.90 Å². The van der Waals surface area contributed by atoms with Crippen molar-refractivity contribution in [1.29, 1.82) is 0 Å². The van der Waals surface area contributed by atoms with E-state index < -0.39 is 0 Å². The van der Waals surface area contributed by atoms with Gasteiger partial charge in [0.1, 0.15) is 5.88 Å². The number of hydrogen-bond donors (Lipinski definition) is 0. The number of piperidine rings is 1. The number of rotatable bonds is 5. The molecule has 1 saturated heterocycles. The zero-order chi connectivity index (χ0) is 10.2. The first kappa shape index (κ1) is 11.8. The van der Waals surface area contributed by atoms with Crippen LogP contribution >= 0.6 is 11.6 Å². The molecular weight excluding hydrogens is 202 g/mol. The van der Waals surface area contributed by atoms with Crippen LogP contribution in [0, 0.1) is 0 Å². The first-order chi connectivity index (χ1) is 6.83. The van der Waals surface area contributed by atoms with E-state index in [9.17, 15) is 4.79 Å². The Morgan fingerprint density at radius 3 is 2.64 bits per heavy atom. The first-order valence-corrected chi connectivity index (χ1v) is 5.80. The molecule has 0 aromatic carbocycles. The third-order valence-electron chi connectivity index (χ3n) is 2.44. The lowest BCUT2D eigenvalue weighted by atomic mass is 10.1. The van der Waals surface area contributed by atoms with Gasteiger partial charge >= 0.3 is 5.97 Å². The van der Waals surface area contributed by atoms with Crippen molar-refractivity contribution in [3.8, 4) is 0 Å². The third kappa shape index (κ3) is 4.82. The van der Waals surface area contributed by atoms with Gasteiger partial charge in [-0.2, -0.15) is 0 Å². The van der Waals surface area contributed by atoms with Gasteiger partial charge in [0.05, 0.1) is 6.61 Å². The molecule has 1 fully saturated rings. The standard InChI is InChI=1S/C10H18ClNO2/c11-9-10(13)14-8-4-7-12-5-2-1-3-6-12/h1-9H2. The highest BCUT2D eigenvalue weighted by atomic mass is 35.5. The molecule has 0 N–H and O–H groups in total. The van der Waals surface area contributed by atoms with E-state index in [4.69, 9.17) is 16.3 Å². The fraction of sp³-hybridized carbons (Fsp3) is 0.900. The van der Waals surface area contributed by atoms with Crippen LogP contribution in [-0.2, 0) is 9.53 Å². The molecule has 0 bridgehead atoms. The SMILES string of the molecule is O=C(CCl)OCCCN1CCCCC1. The Morgan fingerprint density at radius 1 is 1.29 bits per heavy atom. The van der Waals surface area contributed by atoms with E-state index in [1.165, 1.54) is 32.4 Å². The van der Waals surface area contributed by atoms with Gasteiger partial charge in [-0.25, -0.2) is 0 Å². The average Bonchev–Trinajstić information content (AvgIpc) is 2.25. The Labute approximate surface area is 90.4 Å². The summed E-state index contributed by atoms with van der Waals surface area (Å²) in [5.74, 6) is -0.353. The summed E-state index contributed by atoms with van der Waals surface area (Å²) in [5, 5.41) is 0. The highest BCUT2D eigenvalue weighted by Crippen LogP contribution is 2.08. The zero-order valence-corrected chi connectivity index (χ0v) is 9.26. The number of alkyl halides is 1. The summed E-state index contributed by atoms with van der Waals surface area (Å²) in [7, 11) is 0. The molecule has 4 heteroatoms. The molecular formula is C10H18ClNO2. The second kappa shape index (κ2) is 7.07. The van der Waals surface area contributed by atoms with Crippen LogP contribution in [-0.4, -0.2) is 43.0 Å². The van der Waals surface area contributed by atoms with Gasteiger partial charge in [-0.05, 0) is 32.4 Å². The van der Waals surface area contributed by atoms with E-state index in [-0.39, 0.29) is 11.8 Å². The van der Waals surface area contributed by atoms with Crippen molar-refractivity contribution in [2.45, 2.75) is 25.7 Å². The van der Waals surface area contributed by atoms with Gasteiger partial charge in [-0.15, -0.1) is 11.6 Å². The number of ether oxygens (including phenoxy) is 1. The summed E-state index contributed by atoms with van der Waals surface area (Å²) in [4.78, 5) is 13.1. The van der Waals surface area contributed by atoms with Gasteiger partial charge in [-0.3, -0.25) is 4.79 Å². The van der Waals surface area contributed by atoms with E-state index in [1.54, 1.807) is 0 Å². The number of halogens is 1. The van der Waals surface area contributed by atoms with Gasteiger partial charge in [0.15, 0.2) is 0 Å². The largest absolute Gasteiger partial charge is 0.465 e. The van der Waals surface area contributed by atoms with Crippen molar-refractivity contribution in [2.75, 3.05) is 32.1 Å². The van der Waals surface area contributed by atoms with Crippen LogP contribution in [0.5, 0.6) is 0 Å². The molecule has 0 amide bonds. The smallest absolute Gasteiger partial charge is 0.320 e. The molecule has 1 heterocycles. The lowest BCUT2D eigenvalue weighted by Crippen LogP contribution is -2.31. The van der Waals surface area contributed by atoms with E-state index in [0.717, 1.165) is 13.0 Å². The Bertz CT molecular complexity index is 170. The summed E-state index contributed by atoms with van der Waals surface area (Å²) >= 11 is 5.29. The molecule has 1 rings (SSSR count). The molecule has 0 aliphatic carbocycles. The highest BCUT2D eigenvalue weighted by molar-refractivity contribution is 6.26. The Morgan fingerprint density at radius 2 is 2.00 bits per heavy atom. The van der Waals surface area contributed by atoms with Gasteiger partial charge in [-0.1, -0.05) is 6.42 Å². The van der Waals surface area contributed by atoms with Crippen LogP contribution in [0.25, 0.3) is 0 Å². The number of carbonyl (C=O) groups excluding carboxylic acids is 1. The summed E-state index contributed by atoms with van der Waals surface area (Å²) in [6, 6.07) is 0. The third-order valence-corrected chi connectivity index (χ3v) is 2.66. The van der Waals surface area contributed by atoms with Crippen LogP contribution in [0.2, 0.25) is 0 Å². The second-order valence-corrected chi connectivity index (χ2v) is 3.88. The van der Waals surface area contributed by atoms with Crippen molar-refractivity contribution < 1.29 is 9.53 Å². The van der Waals surface area contributed by atoms with Gasteiger partial charge in [0.2, 0.25) is 0 Å². The number of likely N-dealkylation sites (tertiary alicyclic amines) is 1. The number of carbonyl (C=O) groups is 1. The molecule has 0 radical (unpaired) electrons. The van der Waals surface area contributed by atoms with E-state index in [0.29, 0.717) is 6.61 Å². The maximum atomic E-state index is 10.7. The molecule has 0 spiro atoms. The molecule has 14 heavy (non-hydrogen) atoms. The summed E-state index contributed by atoms with van der Waals surface area (Å²) < 4.78 is 4.88. The number of nitrogens with zero attached hydrogens (tertiary/aromatic N) is 1. The summed E-state index contributed by atoms with van der Waals surface area (Å²) in [5.41, 5.74) is 0. The van der Waals surface area contributed by atoms with Crippen molar-refractivity contribution in [3.05, 3.63) is 0 Å². The lowest BCUT2D eigenvalue weighted by Gasteiger charge is -2.26. The lowest BCUT2D eigenvalue weighted by molar-refractivity contribution is -0.140. The highest BCUT2D eigenvalue weighted by Gasteiger charge is 2.09. The summed E-state index contributed by atoms with van der Waals surface area (Å²) in [6.45, 7) is 3.94. The predicted molar refractivity (Wildman–Crippen MR) is 56.6 cm³/mol. The average molecular weight is 220 g/mol. The Hall–Kier alpha value is -0.280. The molecule has 82 valence electrons. The van der Waals surface area contributed by atoms with E-state index >= 15 is 0 Å². The predicted octanol–water partition coefficient (Wildman–Crippen LogP) is 1.64. The zero-order valence-electron chi connectivity index (χ0n) is 8.51. The first-order valence-electron chi connectivity index (χ1n) is 5.27. The van der Waals surface area contributed by atoms with Crippen molar-refractivity contribution in [3.63, 3.8) is 0 Å². The van der Waals surface area contributed by atoms with Crippen molar-refractivity contribution in [2.24, 2.45) is 0 Å². The summed E-state index contributed by atoms with van der Waals surface area (Å²) in [6.07, 6.45) is 4.89. The van der Waals surface area contributed by atoms with Crippen molar-refractivity contribution in [1.82, 2.24) is 4.90 Å². The molecule has 0 atom stereocenters. The Balaban J connectivity index is 1.94. The molecule has 0 aromatic heterocycles. The molecule has 1 aliphatic heterocycles. The van der Waals surface area contributed by atoms with Crippen LogP contribution < -0.4 is 0 Å². The topological polar surface area (TPSA) is 29.5 Å². The normalized spacial score (nSPS) is 18.1. The number of esters is 1. The van der Waals surface area contributed by atoms with Crippen LogP contribution in [0.15, 0.2) is 0 Å².